The summed E-state index contributed by atoms with van der Waals surface area (Å²) in [6.07, 6.45) is 3.93. The molecule has 1 aromatic carbocycles. The van der Waals surface area contributed by atoms with Gasteiger partial charge in [0, 0.05) is 23.1 Å². The zero-order valence-electron chi connectivity index (χ0n) is 11.6. The molecule has 1 aliphatic rings. The molecule has 5 heteroatoms. The summed E-state index contributed by atoms with van der Waals surface area (Å²) in [6.45, 7) is 2.71. The molecule has 0 atom stereocenters. The molecule has 0 aliphatic heterocycles. The summed E-state index contributed by atoms with van der Waals surface area (Å²) in [5.74, 6) is 0.0132. The number of carbonyl (C=O) groups excluding carboxylic acids is 1. The first-order valence-electron chi connectivity index (χ1n) is 7.05. The number of hydrogen-bond donors (Lipinski definition) is 1. The van der Waals surface area contributed by atoms with Crippen LogP contribution in [-0.2, 0) is 0 Å². The van der Waals surface area contributed by atoms with Crippen LogP contribution in [0.1, 0.15) is 43.0 Å². The first-order valence-corrected chi connectivity index (χ1v) is 8.22. The van der Waals surface area contributed by atoms with Gasteiger partial charge in [0.15, 0.2) is 0 Å². The molecule has 0 heterocycles. The average molecular weight is 360 g/mol. The fourth-order valence-corrected chi connectivity index (χ4v) is 3.38. The quantitative estimate of drug-likeness (QED) is 0.891. The van der Waals surface area contributed by atoms with E-state index in [9.17, 15) is 4.79 Å². The molecular formula is C15H20BrClN2O. The summed E-state index contributed by atoms with van der Waals surface area (Å²) in [5.41, 5.74) is 6.51. The van der Waals surface area contributed by atoms with Gasteiger partial charge in [0.2, 0.25) is 0 Å². The number of nitrogens with zero attached hydrogens (tertiary/aromatic N) is 1. The van der Waals surface area contributed by atoms with E-state index in [2.05, 4.69) is 15.9 Å². The van der Waals surface area contributed by atoms with E-state index in [0.29, 0.717) is 17.1 Å². The van der Waals surface area contributed by atoms with E-state index in [1.54, 1.807) is 6.07 Å². The standard InChI is InChI=1S/C15H20BrClN2O/c1-2-19(11-8-6-10(18)7-9-11)15(20)12-4-3-5-13(16)14(12)17/h3-5,10-11H,2,6-9,18H2,1H3. The zero-order valence-corrected chi connectivity index (χ0v) is 14.0. The maximum Gasteiger partial charge on any atom is 0.255 e. The fraction of sp³-hybridized carbons (Fsp3) is 0.533. The maximum absolute atomic E-state index is 12.7. The van der Waals surface area contributed by atoms with E-state index >= 15 is 0 Å². The number of hydrogen-bond acceptors (Lipinski definition) is 2. The van der Waals surface area contributed by atoms with Crippen molar-refractivity contribution in [2.45, 2.75) is 44.7 Å². The Morgan fingerprint density at radius 3 is 2.65 bits per heavy atom. The van der Waals surface area contributed by atoms with E-state index in [-0.39, 0.29) is 18.0 Å². The maximum atomic E-state index is 12.7. The van der Waals surface area contributed by atoms with Crippen LogP contribution in [0.2, 0.25) is 5.02 Å². The normalized spacial score (nSPS) is 22.6. The summed E-state index contributed by atoms with van der Waals surface area (Å²) in [6, 6.07) is 6.03. The number of nitrogens with two attached hydrogens (primary N) is 1. The minimum absolute atomic E-state index is 0.0132. The lowest BCUT2D eigenvalue weighted by atomic mass is 9.90. The molecule has 1 aromatic rings. The molecule has 0 saturated heterocycles. The van der Waals surface area contributed by atoms with Gasteiger partial charge < -0.3 is 10.6 Å². The summed E-state index contributed by atoms with van der Waals surface area (Å²) < 4.78 is 0.756. The predicted molar refractivity (Wildman–Crippen MR) is 86.1 cm³/mol. The van der Waals surface area contributed by atoms with Crippen LogP contribution < -0.4 is 5.73 Å². The van der Waals surface area contributed by atoms with Crippen molar-refractivity contribution in [3.63, 3.8) is 0 Å². The molecule has 3 nitrogen and oxygen atoms in total. The van der Waals surface area contributed by atoms with E-state index in [4.69, 9.17) is 17.3 Å². The van der Waals surface area contributed by atoms with Crippen LogP contribution >= 0.6 is 27.5 Å². The Hall–Kier alpha value is -0.580. The van der Waals surface area contributed by atoms with Crippen molar-refractivity contribution in [1.82, 2.24) is 4.90 Å². The number of carbonyl (C=O) groups is 1. The largest absolute Gasteiger partial charge is 0.336 e. The summed E-state index contributed by atoms with van der Waals surface area (Å²) >= 11 is 9.61. The van der Waals surface area contributed by atoms with Crippen LogP contribution in [0.3, 0.4) is 0 Å². The Morgan fingerprint density at radius 2 is 2.05 bits per heavy atom. The number of benzene rings is 1. The molecule has 110 valence electrons. The Kier molecular flexibility index (Phi) is 5.47. The highest BCUT2D eigenvalue weighted by Gasteiger charge is 2.28. The molecule has 0 spiro atoms. The molecule has 1 aliphatic carbocycles. The monoisotopic (exact) mass is 358 g/mol. The summed E-state index contributed by atoms with van der Waals surface area (Å²) in [4.78, 5) is 14.6. The highest BCUT2D eigenvalue weighted by atomic mass is 79.9. The number of rotatable bonds is 3. The number of halogens is 2. The average Bonchev–Trinajstić information content (AvgIpc) is 2.44. The van der Waals surface area contributed by atoms with Gasteiger partial charge in [0.05, 0.1) is 10.6 Å². The SMILES string of the molecule is CCN(C(=O)c1cccc(Br)c1Cl)C1CCC(N)CC1. The third kappa shape index (κ3) is 3.35. The first kappa shape index (κ1) is 15.8. The van der Waals surface area contributed by atoms with Crippen molar-refractivity contribution in [2.24, 2.45) is 5.73 Å². The van der Waals surface area contributed by atoms with Gasteiger partial charge in [0.25, 0.3) is 5.91 Å². The molecule has 20 heavy (non-hydrogen) atoms. The van der Waals surface area contributed by atoms with Gasteiger partial charge >= 0.3 is 0 Å². The lowest BCUT2D eigenvalue weighted by Gasteiger charge is -2.35. The van der Waals surface area contributed by atoms with Crippen molar-refractivity contribution in [1.29, 1.82) is 0 Å². The minimum atomic E-state index is 0.0132. The van der Waals surface area contributed by atoms with E-state index in [0.717, 1.165) is 30.2 Å². The van der Waals surface area contributed by atoms with Gasteiger partial charge in [-0.15, -0.1) is 0 Å². The second kappa shape index (κ2) is 6.92. The lowest BCUT2D eigenvalue weighted by Crippen LogP contribution is -2.44. The Labute approximate surface area is 133 Å². The van der Waals surface area contributed by atoms with Crippen LogP contribution in [0, 0.1) is 0 Å². The molecule has 0 radical (unpaired) electrons. The summed E-state index contributed by atoms with van der Waals surface area (Å²) in [5, 5.41) is 0.489. The van der Waals surface area contributed by atoms with Gasteiger partial charge in [-0.2, -0.15) is 0 Å². The topological polar surface area (TPSA) is 46.3 Å². The lowest BCUT2D eigenvalue weighted by molar-refractivity contribution is 0.0641. The van der Waals surface area contributed by atoms with Crippen molar-refractivity contribution in [3.05, 3.63) is 33.3 Å². The minimum Gasteiger partial charge on any atom is -0.336 e. The van der Waals surface area contributed by atoms with Crippen LogP contribution in [-0.4, -0.2) is 29.4 Å². The highest BCUT2D eigenvalue weighted by molar-refractivity contribution is 9.10. The third-order valence-electron chi connectivity index (χ3n) is 3.97. The van der Waals surface area contributed by atoms with Gasteiger partial charge in [-0.05, 0) is 60.7 Å². The van der Waals surface area contributed by atoms with Crippen LogP contribution in [0.4, 0.5) is 0 Å². The second-order valence-corrected chi connectivity index (χ2v) is 6.49. The molecular weight excluding hydrogens is 340 g/mol. The Bertz CT molecular complexity index is 487. The molecule has 1 fully saturated rings. The molecule has 0 bridgehead atoms. The molecule has 2 N–H and O–H groups in total. The van der Waals surface area contributed by atoms with Gasteiger partial charge in [-0.3, -0.25) is 4.79 Å². The fourth-order valence-electron chi connectivity index (χ4n) is 2.80. The van der Waals surface area contributed by atoms with Crippen molar-refractivity contribution < 1.29 is 4.79 Å². The summed E-state index contributed by atoms with van der Waals surface area (Å²) in [7, 11) is 0. The van der Waals surface area contributed by atoms with E-state index in [1.807, 2.05) is 24.0 Å². The van der Waals surface area contributed by atoms with Crippen LogP contribution in [0.15, 0.2) is 22.7 Å². The molecule has 0 unspecified atom stereocenters. The van der Waals surface area contributed by atoms with Crippen molar-refractivity contribution in [3.8, 4) is 0 Å². The van der Waals surface area contributed by atoms with Crippen LogP contribution in [0.5, 0.6) is 0 Å². The predicted octanol–water partition coefficient (Wildman–Crippen LogP) is 3.83. The van der Waals surface area contributed by atoms with E-state index < -0.39 is 0 Å². The first-order chi connectivity index (χ1) is 9.54. The Balaban J connectivity index is 2.19. The molecule has 1 saturated carbocycles. The smallest absolute Gasteiger partial charge is 0.255 e. The van der Waals surface area contributed by atoms with Crippen molar-refractivity contribution in [2.75, 3.05) is 6.54 Å². The molecule has 1 amide bonds. The van der Waals surface area contributed by atoms with Crippen LogP contribution in [0.25, 0.3) is 0 Å². The Morgan fingerprint density at radius 1 is 1.40 bits per heavy atom. The van der Waals surface area contributed by atoms with Crippen molar-refractivity contribution >= 4 is 33.4 Å². The zero-order chi connectivity index (χ0) is 14.7. The third-order valence-corrected chi connectivity index (χ3v) is 5.26. The van der Waals surface area contributed by atoms with Gasteiger partial charge in [0.1, 0.15) is 0 Å². The molecule has 2 rings (SSSR count). The van der Waals surface area contributed by atoms with Gasteiger partial charge in [-0.1, -0.05) is 17.7 Å². The van der Waals surface area contributed by atoms with Gasteiger partial charge in [-0.25, -0.2) is 0 Å². The molecule has 0 aromatic heterocycles. The number of amides is 1. The second-order valence-electron chi connectivity index (χ2n) is 5.26. The van der Waals surface area contributed by atoms with E-state index in [1.165, 1.54) is 0 Å². The highest BCUT2D eigenvalue weighted by Crippen LogP contribution is 2.29.